The van der Waals surface area contributed by atoms with Crippen LogP contribution < -0.4 is 5.32 Å². The van der Waals surface area contributed by atoms with E-state index in [1.54, 1.807) is 0 Å². The number of amides is 1. The van der Waals surface area contributed by atoms with E-state index in [-0.39, 0.29) is 6.04 Å². The zero-order valence-electron chi connectivity index (χ0n) is 15.7. The first-order valence-electron chi connectivity index (χ1n) is 8.90. The molecule has 140 valence electrons. The highest BCUT2D eigenvalue weighted by molar-refractivity contribution is 6.35. The van der Waals surface area contributed by atoms with E-state index in [4.69, 9.17) is 21.3 Å². The second-order valence-electron chi connectivity index (χ2n) is 7.43. The molecule has 2 aromatic carbocycles. The third kappa shape index (κ3) is 5.20. The highest BCUT2D eigenvalue weighted by Crippen LogP contribution is 2.27. The molecule has 4 nitrogen and oxygen atoms in total. The molecule has 5 heteroatoms. The Hall–Kier alpha value is -2.59. The first-order valence-corrected chi connectivity index (χ1v) is 9.28. The normalized spacial score (nSPS) is 12.6. The lowest BCUT2D eigenvalue weighted by atomic mass is 10.0. The van der Waals surface area contributed by atoms with Crippen LogP contribution in [0.4, 0.5) is 4.79 Å². The number of fused-ring (bicyclic) bond motifs is 1. The van der Waals surface area contributed by atoms with Crippen molar-refractivity contribution >= 4 is 28.6 Å². The molecular weight excluding hydrogens is 360 g/mol. The molecular formula is C22H23ClN2O2. The number of pyridine rings is 1. The predicted octanol–water partition coefficient (Wildman–Crippen LogP) is 5.70. The summed E-state index contributed by atoms with van der Waals surface area (Å²) in [5, 5.41) is 4.45. The van der Waals surface area contributed by atoms with Crippen molar-refractivity contribution in [3.05, 3.63) is 76.9 Å². The number of nitrogens with one attached hydrogen (secondary N) is 1. The Kier molecular flexibility index (Phi) is 5.66. The first kappa shape index (κ1) is 19.2. The van der Waals surface area contributed by atoms with E-state index < -0.39 is 11.7 Å². The van der Waals surface area contributed by atoms with E-state index in [9.17, 15) is 4.79 Å². The number of alkyl carbamates (subject to hydrolysis) is 1. The minimum Gasteiger partial charge on any atom is -0.444 e. The van der Waals surface area contributed by atoms with Crippen LogP contribution in [0, 0.1) is 0 Å². The van der Waals surface area contributed by atoms with Crippen molar-refractivity contribution in [1.82, 2.24) is 10.3 Å². The summed E-state index contributed by atoms with van der Waals surface area (Å²) in [6.45, 7) is 5.51. The van der Waals surface area contributed by atoms with Crippen molar-refractivity contribution < 1.29 is 9.53 Å². The lowest BCUT2D eigenvalue weighted by Crippen LogP contribution is -2.36. The summed E-state index contributed by atoms with van der Waals surface area (Å²) in [7, 11) is 0. The molecule has 0 fully saturated rings. The number of ether oxygens (including phenoxy) is 1. The molecule has 1 N–H and O–H groups in total. The van der Waals surface area contributed by atoms with E-state index in [2.05, 4.69) is 5.32 Å². The number of nitrogens with zero attached hydrogens (tertiary/aromatic N) is 1. The Bertz CT molecular complexity index is 936. The largest absolute Gasteiger partial charge is 0.444 e. The summed E-state index contributed by atoms with van der Waals surface area (Å²) in [5.41, 5.74) is 2.01. The Balaban J connectivity index is 1.94. The maximum Gasteiger partial charge on any atom is 0.408 e. The summed E-state index contributed by atoms with van der Waals surface area (Å²) in [5.74, 6) is 0. The van der Waals surface area contributed by atoms with Crippen LogP contribution in [0.1, 0.15) is 38.1 Å². The second-order valence-corrected chi connectivity index (χ2v) is 7.84. The van der Waals surface area contributed by atoms with Gasteiger partial charge in [-0.1, -0.05) is 60.1 Å². The zero-order chi connectivity index (χ0) is 19.4. The smallest absolute Gasteiger partial charge is 0.408 e. The number of rotatable bonds is 4. The van der Waals surface area contributed by atoms with Crippen LogP contribution in [0.2, 0.25) is 5.02 Å². The van der Waals surface area contributed by atoms with Crippen LogP contribution in [0.25, 0.3) is 10.9 Å². The van der Waals surface area contributed by atoms with Gasteiger partial charge in [0.25, 0.3) is 0 Å². The van der Waals surface area contributed by atoms with Crippen molar-refractivity contribution in [3.63, 3.8) is 0 Å². The van der Waals surface area contributed by atoms with Gasteiger partial charge in [0.2, 0.25) is 0 Å². The number of aromatic nitrogens is 1. The average molecular weight is 383 g/mol. The van der Waals surface area contributed by atoms with E-state index in [1.165, 1.54) is 0 Å². The molecule has 1 atom stereocenters. The number of carbonyl (C=O) groups is 1. The Morgan fingerprint density at radius 1 is 1.11 bits per heavy atom. The molecule has 0 saturated carbocycles. The Labute approximate surface area is 164 Å². The highest BCUT2D eigenvalue weighted by Gasteiger charge is 2.22. The van der Waals surface area contributed by atoms with Crippen LogP contribution in [0.5, 0.6) is 0 Å². The summed E-state index contributed by atoms with van der Waals surface area (Å²) >= 11 is 6.47. The van der Waals surface area contributed by atoms with Gasteiger partial charge >= 0.3 is 6.09 Å². The minimum absolute atomic E-state index is 0.357. The summed E-state index contributed by atoms with van der Waals surface area (Å²) < 4.78 is 5.43. The number of hydrogen-bond acceptors (Lipinski definition) is 3. The van der Waals surface area contributed by atoms with Gasteiger partial charge in [-0.3, -0.25) is 4.98 Å². The summed E-state index contributed by atoms with van der Waals surface area (Å²) in [4.78, 5) is 17.1. The Morgan fingerprint density at radius 2 is 1.78 bits per heavy atom. The lowest BCUT2D eigenvalue weighted by Gasteiger charge is -2.24. The van der Waals surface area contributed by atoms with Crippen LogP contribution in [-0.2, 0) is 11.2 Å². The molecule has 1 aromatic heterocycles. The molecule has 3 aromatic rings. The summed E-state index contributed by atoms with van der Waals surface area (Å²) in [6, 6.07) is 19.1. The third-order valence-corrected chi connectivity index (χ3v) is 4.33. The molecule has 27 heavy (non-hydrogen) atoms. The van der Waals surface area contributed by atoms with Crippen molar-refractivity contribution in [2.24, 2.45) is 0 Å². The van der Waals surface area contributed by atoms with E-state index in [1.807, 2.05) is 81.4 Å². The van der Waals surface area contributed by atoms with Gasteiger partial charge in [-0.25, -0.2) is 4.79 Å². The van der Waals surface area contributed by atoms with Gasteiger partial charge < -0.3 is 10.1 Å². The quantitative estimate of drug-likeness (QED) is 0.630. The van der Waals surface area contributed by atoms with Crippen LogP contribution in [0.15, 0.2) is 60.7 Å². The van der Waals surface area contributed by atoms with E-state index in [0.29, 0.717) is 17.1 Å². The third-order valence-electron chi connectivity index (χ3n) is 4.02. The van der Waals surface area contributed by atoms with Crippen molar-refractivity contribution in [2.45, 2.75) is 38.8 Å². The predicted molar refractivity (Wildman–Crippen MR) is 109 cm³/mol. The molecule has 0 aliphatic heterocycles. The van der Waals surface area contributed by atoms with Crippen molar-refractivity contribution in [2.75, 3.05) is 0 Å². The fourth-order valence-corrected chi connectivity index (χ4v) is 3.13. The molecule has 1 amide bonds. The standard InChI is InChI=1S/C22H23ClN2O2/c1-22(2,3)27-21(26)25-19(13-15-9-5-4-6-10-15)20-14-17(23)16-11-7-8-12-18(16)24-20/h4-12,14,19H,13H2,1-3H3,(H,25,26). The molecule has 1 heterocycles. The topological polar surface area (TPSA) is 51.2 Å². The highest BCUT2D eigenvalue weighted by atomic mass is 35.5. The van der Waals surface area contributed by atoms with Gasteiger partial charge in [0.05, 0.1) is 22.3 Å². The number of carbonyl (C=O) groups excluding carboxylic acids is 1. The Morgan fingerprint density at radius 3 is 2.48 bits per heavy atom. The number of para-hydroxylation sites is 1. The molecule has 0 spiro atoms. The maximum absolute atomic E-state index is 12.4. The average Bonchev–Trinajstić information content (AvgIpc) is 2.60. The molecule has 0 radical (unpaired) electrons. The maximum atomic E-state index is 12.4. The number of halogens is 1. The van der Waals surface area contributed by atoms with Gasteiger partial charge in [-0.2, -0.15) is 0 Å². The van der Waals surface area contributed by atoms with E-state index in [0.717, 1.165) is 16.5 Å². The fraction of sp³-hybridized carbons (Fsp3) is 0.273. The van der Waals surface area contributed by atoms with Gasteiger partial charge in [-0.15, -0.1) is 0 Å². The molecule has 0 aliphatic rings. The molecule has 0 saturated heterocycles. The van der Waals surface area contributed by atoms with Gasteiger partial charge in [0.1, 0.15) is 5.60 Å². The van der Waals surface area contributed by atoms with Crippen molar-refractivity contribution in [3.8, 4) is 0 Å². The van der Waals surface area contributed by atoms with Crippen LogP contribution in [-0.4, -0.2) is 16.7 Å². The molecule has 0 aliphatic carbocycles. The van der Waals surface area contributed by atoms with Crippen LogP contribution >= 0.6 is 11.6 Å². The molecule has 1 unspecified atom stereocenters. The summed E-state index contributed by atoms with van der Waals surface area (Å²) in [6.07, 6.45) is 0.108. The lowest BCUT2D eigenvalue weighted by molar-refractivity contribution is 0.0502. The van der Waals surface area contributed by atoms with Gasteiger partial charge in [-0.05, 0) is 44.9 Å². The van der Waals surface area contributed by atoms with Crippen LogP contribution in [0.3, 0.4) is 0 Å². The minimum atomic E-state index is -0.574. The van der Waals surface area contributed by atoms with Gasteiger partial charge in [0.15, 0.2) is 0 Å². The van der Waals surface area contributed by atoms with Gasteiger partial charge in [0, 0.05) is 5.39 Å². The number of hydrogen-bond donors (Lipinski definition) is 1. The van der Waals surface area contributed by atoms with E-state index >= 15 is 0 Å². The SMILES string of the molecule is CC(C)(C)OC(=O)NC(Cc1ccccc1)c1cc(Cl)c2ccccc2n1. The zero-order valence-corrected chi connectivity index (χ0v) is 16.5. The second kappa shape index (κ2) is 7.97. The monoisotopic (exact) mass is 382 g/mol. The molecule has 3 rings (SSSR count). The molecule has 0 bridgehead atoms. The fourth-order valence-electron chi connectivity index (χ4n) is 2.86. The first-order chi connectivity index (χ1) is 12.8. The van der Waals surface area contributed by atoms with Crippen molar-refractivity contribution in [1.29, 1.82) is 0 Å². The number of benzene rings is 2.